The molecule has 2 aromatic rings. The number of nitrogens with one attached hydrogen (secondary N) is 1. The topological polar surface area (TPSA) is 37.3 Å². The minimum atomic E-state index is 0.169. The SMILES string of the molecule is CC(C)(C)c1ccc(C2=NNC(c3ccc(Cl)nc3)C2)cc1. The molecule has 4 heteroatoms. The van der Waals surface area contributed by atoms with Gasteiger partial charge in [0.05, 0.1) is 11.8 Å². The Kier molecular flexibility index (Phi) is 3.92. The summed E-state index contributed by atoms with van der Waals surface area (Å²) in [5.41, 5.74) is 8.06. The summed E-state index contributed by atoms with van der Waals surface area (Å²) in [6.07, 6.45) is 2.67. The summed E-state index contributed by atoms with van der Waals surface area (Å²) in [7, 11) is 0. The van der Waals surface area contributed by atoms with Crippen molar-refractivity contribution in [2.24, 2.45) is 5.10 Å². The van der Waals surface area contributed by atoms with Crippen LogP contribution >= 0.6 is 11.6 Å². The van der Waals surface area contributed by atoms with E-state index in [-0.39, 0.29) is 11.5 Å². The standard InChI is InChI=1S/C18H20ClN3/c1-18(2,3)14-7-4-12(5-8-14)15-10-16(22-21-15)13-6-9-17(19)20-11-13/h4-9,11,16,22H,10H2,1-3H3. The van der Waals surface area contributed by atoms with Gasteiger partial charge in [-0.2, -0.15) is 5.10 Å². The lowest BCUT2D eigenvalue weighted by atomic mass is 9.86. The number of hydrogen-bond acceptors (Lipinski definition) is 3. The molecule has 2 heterocycles. The zero-order chi connectivity index (χ0) is 15.7. The fourth-order valence-corrected chi connectivity index (χ4v) is 2.68. The van der Waals surface area contributed by atoms with Crippen molar-refractivity contribution < 1.29 is 0 Å². The van der Waals surface area contributed by atoms with E-state index in [1.807, 2.05) is 12.1 Å². The molecule has 1 atom stereocenters. The van der Waals surface area contributed by atoms with Crippen molar-refractivity contribution in [3.05, 3.63) is 64.4 Å². The Morgan fingerprint density at radius 1 is 1.09 bits per heavy atom. The van der Waals surface area contributed by atoms with Gasteiger partial charge in [0.15, 0.2) is 0 Å². The van der Waals surface area contributed by atoms with E-state index in [1.165, 1.54) is 11.1 Å². The van der Waals surface area contributed by atoms with Gasteiger partial charge in [-0.25, -0.2) is 4.98 Å². The molecule has 3 nitrogen and oxygen atoms in total. The fourth-order valence-electron chi connectivity index (χ4n) is 2.57. The summed E-state index contributed by atoms with van der Waals surface area (Å²) < 4.78 is 0. The first-order valence-electron chi connectivity index (χ1n) is 7.48. The Labute approximate surface area is 136 Å². The smallest absolute Gasteiger partial charge is 0.129 e. The molecule has 114 valence electrons. The number of benzene rings is 1. The first-order valence-corrected chi connectivity index (χ1v) is 7.86. The molecule has 0 spiro atoms. The maximum absolute atomic E-state index is 5.83. The number of hydrazone groups is 1. The summed E-state index contributed by atoms with van der Waals surface area (Å²) in [6, 6.07) is 12.7. The van der Waals surface area contributed by atoms with E-state index in [0.717, 1.165) is 17.7 Å². The summed E-state index contributed by atoms with van der Waals surface area (Å²) in [4.78, 5) is 4.13. The van der Waals surface area contributed by atoms with Gasteiger partial charge in [0.25, 0.3) is 0 Å². The highest BCUT2D eigenvalue weighted by Crippen LogP contribution is 2.26. The van der Waals surface area contributed by atoms with Gasteiger partial charge in [-0.15, -0.1) is 0 Å². The maximum atomic E-state index is 5.83. The van der Waals surface area contributed by atoms with Crippen molar-refractivity contribution in [1.82, 2.24) is 10.4 Å². The van der Waals surface area contributed by atoms with Gasteiger partial charge in [0, 0.05) is 12.6 Å². The second-order valence-corrected chi connectivity index (χ2v) is 7.07. The van der Waals surface area contributed by atoms with E-state index in [1.54, 1.807) is 6.20 Å². The summed E-state index contributed by atoms with van der Waals surface area (Å²) in [6.45, 7) is 6.67. The average Bonchev–Trinajstić information content (AvgIpc) is 2.97. The molecule has 3 rings (SSSR count). The summed E-state index contributed by atoms with van der Waals surface area (Å²) >= 11 is 5.83. The molecular formula is C18H20ClN3. The highest BCUT2D eigenvalue weighted by molar-refractivity contribution is 6.29. The Hall–Kier alpha value is -1.87. The molecule has 0 radical (unpaired) electrons. The number of hydrogen-bond donors (Lipinski definition) is 1. The number of aromatic nitrogens is 1. The normalized spacial score (nSPS) is 18.0. The van der Waals surface area contributed by atoms with Crippen molar-refractivity contribution in [2.75, 3.05) is 0 Å². The molecule has 1 aromatic heterocycles. The lowest BCUT2D eigenvalue weighted by Crippen LogP contribution is -2.11. The Morgan fingerprint density at radius 2 is 1.82 bits per heavy atom. The van der Waals surface area contributed by atoms with Crippen LogP contribution in [0.4, 0.5) is 0 Å². The van der Waals surface area contributed by atoms with Crippen LogP contribution < -0.4 is 5.43 Å². The van der Waals surface area contributed by atoms with Gasteiger partial charge in [-0.05, 0) is 28.2 Å². The lowest BCUT2D eigenvalue weighted by molar-refractivity contribution is 0.590. The summed E-state index contributed by atoms with van der Waals surface area (Å²) in [5.74, 6) is 0. The molecule has 1 N–H and O–H groups in total. The van der Waals surface area contributed by atoms with Crippen molar-refractivity contribution in [1.29, 1.82) is 0 Å². The quantitative estimate of drug-likeness (QED) is 0.830. The van der Waals surface area contributed by atoms with Gasteiger partial charge in [-0.3, -0.25) is 0 Å². The first-order chi connectivity index (χ1) is 10.4. The van der Waals surface area contributed by atoms with Gasteiger partial charge < -0.3 is 5.43 Å². The predicted molar refractivity (Wildman–Crippen MR) is 91.4 cm³/mol. The minimum absolute atomic E-state index is 0.169. The number of pyridine rings is 1. The van der Waals surface area contributed by atoms with Crippen LogP contribution in [0.25, 0.3) is 0 Å². The maximum Gasteiger partial charge on any atom is 0.129 e. The highest BCUT2D eigenvalue weighted by atomic mass is 35.5. The van der Waals surface area contributed by atoms with E-state index in [4.69, 9.17) is 11.6 Å². The molecule has 0 saturated heterocycles. The average molecular weight is 314 g/mol. The number of halogens is 1. The molecule has 1 unspecified atom stereocenters. The van der Waals surface area contributed by atoms with Crippen LogP contribution in [-0.2, 0) is 5.41 Å². The van der Waals surface area contributed by atoms with E-state index < -0.39 is 0 Å². The van der Waals surface area contributed by atoms with E-state index >= 15 is 0 Å². The van der Waals surface area contributed by atoms with Crippen LogP contribution in [0.3, 0.4) is 0 Å². The number of nitrogens with zero attached hydrogens (tertiary/aromatic N) is 2. The molecule has 1 aliphatic rings. The summed E-state index contributed by atoms with van der Waals surface area (Å²) in [5, 5.41) is 5.00. The van der Waals surface area contributed by atoms with Crippen LogP contribution in [0.15, 0.2) is 47.7 Å². The van der Waals surface area contributed by atoms with Crippen molar-refractivity contribution in [2.45, 2.75) is 38.6 Å². The van der Waals surface area contributed by atoms with Crippen molar-refractivity contribution in [3.63, 3.8) is 0 Å². The third kappa shape index (κ3) is 3.14. The second-order valence-electron chi connectivity index (χ2n) is 6.69. The fraction of sp³-hybridized carbons (Fsp3) is 0.333. The Morgan fingerprint density at radius 3 is 2.41 bits per heavy atom. The molecule has 0 aliphatic carbocycles. The highest BCUT2D eigenvalue weighted by Gasteiger charge is 2.22. The van der Waals surface area contributed by atoms with E-state index in [9.17, 15) is 0 Å². The van der Waals surface area contributed by atoms with Gasteiger partial charge in [0.2, 0.25) is 0 Å². The molecule has 0 fully saturated rings. The molecule has 0 amide bonds. The molecule has 1 aromatic carbocycles. The Bertz CT molecular complexity index is 682. The van der Waals surface area contributed by atoms with Gasteiger partial charge in [0.1, 0.15) is 5.15 Å². The zero-order valence-electron chi connectivity index (χ0n) is 13.1. The van der Waals surface area contributed by atoms with Gasteiger partial charge >= 0.3 is 0 Å². The van der Waals surface area contributed by atoms with Crippen LogP contribution in [0.1, 0.15) is 49.9 Å². The largest absolute Gasteiger partial charge is 0.302 e. The van der Waals surface area contributed by atoms with E-state index in [0.29, 0.717) is 5.15 Å². The first kappa shape index (κ1) is 15.0. The van der Waals surface area contributed by atoms with Gasteiger partial charge in [-0.1, -0.05) is 62.7 Å². The molecule has 0 bridgehead atoms. The third-order valence-corrected chi connectivity index (χ3v) is 4.21. The van der Waals surface area contributed by atoms with Crippen molar-refractivity contribution in [3.8, 4) is 0 Å². The zero-order valence-corrected chi connectivity index (χ0v) is 13.9. The number of rotatable bonds is 2. The van der Waals surface area contributed by atoms with E-state index in [2.05, 4.69) is 60.5 Å². The van der Waals surface area contributed by atoms with Crippen LogP contribution in [-0.4, -0.2) is 10.7 Å². The molecular weight excluding hydrogens is 294 g/mol. The molecule has 1 aliphatic heterocycles. The second kappa shape index (κ2) is 5.73. The third-order valence-electron chi connectivity index (χ3n) is 3.99. The van der Waals surface area contributed by atoms with Crippen molar-refractivity contribution >= 4 is 17.3 Å². The lowest BCUT2D eigenvalue weighted by Gasteiger charge is -2.19. The van der Waals surface area contributed by atoms with Crippen LogP contribution in [0.5, 0.6) is 0 Å². The monoisotopic (exact) mass is 313 g/mol. The Balaban J connectivity index is 1.73. The minimum Gasteiger partial charge on any atom is -0.302 e. The molecule has 22 heavy (non-hydrogen) atoms. The molecule has 0 saturated carbocycles. The predicted octanol–water partition coefficient (Wildman–Crippen LogP) is 4.47. The van der Waals surface area contributed by atoms with Crippen LogP contribution in [0, 0.1) is 0 Å². The van der Waals surface area contributed by atoms with Crippen LogP contribution in [0.2, 0.25) is 5.15 Å².